The first kappa shape index (κ1) is 17.5. The Morgan fingerprint density at radius 3 is 2.79 bits per heavy atom. The van der Waals surface area contributed by atoms with Crippen molar-refractivity contribution in [1.29, 1.82) is 0 Å². The van der Waals surface area contributed by atoms with E-state index in [-0.39, 0.29) is 18.1 Å². The fraction of sp³-hybridized carbons (Fsp3) is 0.100. The zero-order valence-electron chi connectivity index (χ0n) is 15.0. The Labute approximate surface area is 159 Å². The average Bonchev–Trinajstić information content (AvgIpc) is 3.17. The van der Waals surface area contributed by atoms with Gasteiger partial charge in [-0.2, -0.15) is 4.52 Å². The van der Waals surface area contributed by atoms with Crippen molar-refractivity contribution >= 4 is 17.4 Å². The number of hydrogen-bond donors (Lipinski definition) is 2. The third-order valence-electron chi connectivity index (χ3n) is 4.10. The Bertz CT molecular complexity index is 1190. The minimum absolute atomic E-state index is 0.133. The molecule has 0 atom stereocenters. The molecule has 140 valence electrons. The van der Waals surface area contributed by atoms with Gasteiger partial charge in [0.15, 0.2) is 0 Å². The molecule has 2 heterocycles. The van der Waals surface area contributed by atoms with Crippen LogP contribution in [0, 0.1) is 6.92 Å². The predicted octanol–water partition coefficient (Wildman–Crippen LogP) is 2.56. The van der Waals surface area contributed by atoms with Gasteiger partial charge in [0.1, 0.15) is 18.7 Å². The Morgan fingerprint density at radius 1 is 1.18 bits per heavy atom. The molecule has 28 heavy (non-hydrogen) atoms. The second-order valence-corrected chi connectivity index (χ2v) is 6.25. The number of H-pyrrole nitrogens is 1. The van der Waals surface area contributed by atoms with Gasteiger partial charge in [-0.05, 0) is 43.3 Å². The van der Waals surface area contributed by atoms with E-state index in [0.717, 1.165) is 5.56 Å². The summed E-state index contributed by atoms with van der Waals surface area (Å²) in [5.41, 5.74) is 2.52. The molecular formula is C20H17N5O3. The van der Waals surface area contributed by atoms with Crippen LogP contribution in [0.15, 0.2) is 65.7 Å². The summed E-state index contributed by atoms with van der Waals surface area (Å²) in [6, 6.07) is 15.8. The Hall–Kier alpha value is -3.94. The number of nitrogens with zero attached hydrogens (tertiary/aromatic N) is 3. The van der Waals surface area contributed by atoms with Gasteiger partial charge in [-0.1, -0.05) is 17.7 Å². The van der Waals surface area contributed by atoms with E-state index in [2.05, 4.69) is 20.4 Å². The van der Waals surface area contributed by atoms with E-state index in [9.17, 15) is 9.59 Å². The number of aromatic amines is 1. The number of carbonyl (C=O) groups excluding carboxylic acids is 1. The molecular weight excluding hydrogens is 358 g/mol. The minimum atomic E-state index is -0.254. The SMILES string of the molecule is Cc1cccc(C(=O)Nc2ccc(OCc3cc(=O)n4[nH]cnc4n3)cc2)c1. The quantitative estimate of drug-likeness (QED) is 0.558. The molecule has 0 spiro atoms. The number of benzene rings is 2. The molecule has 2 N–H and O–H groups in total. The lowest BCUT2D eigenvalue weighted by Crippen LogP contribution is -2.16. The maximum Gasteiger partial charge on any atom is 0.274 e. The van der Waals surface area contributed by atoms with Crippen molar-refractivity contribution in [3.05, 3.63) is 88.1 Å². The van der Waals surface area contributed by atoms with Gasteiger partial charge in [-0.15, -0.1) is 0 Å². The lowest BCUT2D eigenvalue weighted by atomic mass is 10.1. The van der Waals surface area contributed by atoms with Gasteiger partial charge in [0, 0.05) is 17.3 Å². The van der Waals surface area contributed by atoms with Crippen LogP contribution in [0.1, 0.15) is 21.6 Å². The molecule has 4 rings (SSSR count). The molecule has 0 aliphatic heterocycles. The number of anilines is 1. The number of nitrogens with one attached hydrogen (secondary N) is 2. The van der Waals surface area contributed by atoms with Gasteiger partial charge in [0.2, 0.25) is 0 Å². The summed E-state index contributed by atoms with van der Waals surface area (Å²) in [6.45, 7) is 2.07. The second-order valence-electron chi connectivity index (χ2n) is 6.25. The Morgan fingerprint density at radius 2 is 2.00 bits per heavy atom. The number of carbonyl (C=O) groups is 1. The van der Waals surface area contributed by atoms with Crippen LogP contribution in [0.2, 0.25) is 0 Å². The van der Waals surface area contributed by atoms with E-state index >= 15 is 0 Å². The first-order chi connectivity index (χ1) is 13.6. The summed E-state index contributed by atoms with van der Waals surface area (Å²) in [7, 11) is 0. The van der Waals surface area contributed by atoms with Gasteiger partial charge >= 0.3 is 0 Å². The van der Waals surface area contributed by atoms with Crippen LogP contribution in [0.3, 0.4) is 0 Å². The third kappa shape index (κ3) is 3.75. The summed E-state index contributed by atoms with van der Waals surface area (Å²) in [5.74, 6) is 0.715. The van der Waals surface area contributed by atoms with Crippen molar-refractivity contribution in [2.45, 2.75) is 13.5 Å². The first-order valence-corrected chi connectivity index (χ1v) is 8.61. The standard InChI is InChI=1S/C20H17N5O3/c1-13-3-2-4-14(9-13)19(27)23-15-5-7-17(8-6-15)28-11-16-10-18(26)25-20(24-16)21-12-22-25/h2-10,12H,11H2,1H3,(H,23,27)(H,21,22,24). The van der Waals surface area contributed by atoms with Gasteiger partial charge in [-0.25, -0.2) is 9.97 Å². The minimum Gasteiger partial charge on any atom is -0.487 e. The van der Waals surface area contributed by atoms with Gasteiger partial charge in [0.05, 0.1) is 5.69 Å². The number of aromatic nitrogens is 4. The summed E-state index contributed by atoms with van der Waals surface area (Å²) in [5, 5.41) is 5.53. The van der Waals surface area contributed by atoms with Crippen molar-refractivity contribution in [3.63, 3.8) is 0 Å². The van der Waals surface area contributed by atoms with E-state index in [4.69, 9.17) is 4.74 Å². The molecule has 0 radical (unpaired) electrons. The highest BCUT2D eigenvalue weighted by Gasteiger charge is 2.07. The fourth-order valence-electron chi connectivity index (χ4n) is 2.72. The van der Waals surface area contributed by atoms with Crippen LogP contribution in [0.5, 0.6) is 5.75 Å². The summed E-state index contributed by atoms with van der Waals surface area (Å²) in [6.07, 6.45) is 1.40. The molecule has 0 bridgehead atoms. The Balaban J connectivity index is 1.40. The highest BCUT2D eigenvalue weighted by Crippen LogP contribution is 2.17. The van der Waals surface area contributed by atoms with Crippen molar-refractivity contribution in [2.24, 2.45) is 0 Å². The van der Waals surface area contributed by atoms with Crippen LogP contribution in [0.4, 0.5) is 5.69 Å². The second kappa shape index (κ2) is 7.36. The third-order valence-corrected chi connectivity index (χ3v) is 4.10. The monoisotopic (exact) mass is 375 g/mol. The van der Waals surface area contributed by atoms with Crippen molar-refractivity contribution in [1.82, 2.24) is 19.6 Å². The van der Waals surface area contributed by atoms with E-state index < -0.39 is 0 Å². The van der Waals surface area contributed by atoms with Gasteiger partial charge in [-0.3, -0.25) is 14.7 Å². The number of amides is 1. The molecule has 2 aromatic heterocycles. The summed E-state index contributed by atoms with van der Waals surface area (Å²) < 4.78 is 6.92. The lowest BCUT2D eigenvalue weighted by molar-refractivity contribution is 0.102. The molecule has 0 unspecified atom stereocenters. The largest absolute Gasteiger partial charge is 0.487 e. The number of fused-ring (bicyclic) bond motifs is 1. The molecule has 8 nitrogen and oxygen atoms in total. The molecule has 2 aromatic carbocycles. The molecule has 1 amide bonds. The molecule has 8 heteroatoms. The molecule has 4 aromatic rings. The van der Waals surface area contributed by atoms with Gasteiger partial charge in [0.25, 0.3) is 17.2 Å². The zero-order valence-corrected chi connectivity index (χ0v) is 15.0. The summed E-state index contributed by atoms with van der Waals surface area (Å²) in [4.78, 5) is 32.4. The van der Waals surface area contributed by atoms with E-state index in [1.165, 1.54) is 16.9 Å². The maximum absolute atomic E-state index is 12.3. The van der Waals surface area contributed by atoms with Crippen LogP contribution in [-0.2, 0) is 6.61 Å². The first-order valence-electron chi connectivity index (χ1n) is 8.61. The topological polar surface area (TPSA) is 101 Å². The maximum atomic E-state index is 12.3. The molecule has 0 fully saturated rings. The zero-order chi connectivity index (χ0) is 19.5. The van der Waals surface area contributed by atoms with Crippen molar-refractivity contribution in [2.75, 3.05) is 5.32 Å². The lowest BCUT2D eigenvalue weighted by Gasteiger charge is -2.08. The van der Waals surface area contributed by atoms with Crippen molar-refractivity contribution < 1.29 is 9.53 Å². The average molecular weight is 375 g/mol. The number of aryl methyl sites for hydroxylation is 1. The van der Waals surface area contributed by atoms with E-state index in [1.807, 2.05) is 25.1 Å². The van der Waals surface area contributed by atoms with Crippen LogP contribution in [0.25, 0.3) is 5.78 Å². The normalized spacial score (nSPS) is 10.8. The summed E-state index contributed by atoms with van der Waals surface area (Å²) >= 11 is 0. The highest BCUT2D eigenvalue weighted by atomic mass is 16.5. The number of hydrogen-bond acceptors (Lipinski definition) is 5. The smallest absolute Gasteiger partial charge is 0.274 e. The fourth-order valence-corrected chi connectivity index (χ4v) is 2.72. The van der Waals surface area contributed by atoms with Crippen LogP contribution < -0.4 is 15.6 Å². The van der Waals surface area contributed by atoms with Crippen LogP contribution >= 0.6 is 0 Å². The number of rotatable bonds is 5. The molecule has 0 saturated carbocycles. The highest BCUT2D eigenvalue weighted by molar-refractivity contribution is 6.04. The van der Waals surface area contributed by atoms with Crippen LogP contribution in [-0.4, -0.2) is 25.5 Å². The molecule has 0 aliphatic rings. The van der Waals surface area contributed by atoms with E-state index in [0.29, 0.717) is 28.5 Å². The predicted molar refractivity (Wildman–Crippen MR) is 104 cm³/mol. The van der Waals surface area contributed by atoms with Gasteiger partial charge < -0.3 is 10.1 Å². The van der Waals surface area contributed by atoms with Crippen molar-refractivity contribution in [3.8, 4) is 5.75 Å². The van der Waals surface area contributed by atoms with E-state index in [1.54, 1.807) is 30.3 Å². The Kier molecular flexibility index (Phi) is 4.59. The molecule has 0 aliphatic carbocycles. The molecule has 0 saturated heterocycles. The number of ether oxygens (including phenoxy) is 1.